The Balaban J connectivity index is 1.18. The first-order valence-electron chi connectivity index (χ1n) is 23.8. The summed E-state index contributed by atoms with van der Waals surface area (Å²) < 4.78 is 17.5. The van der Waals surface area contributed by atoms with Gasteiger partial charge in [-0.1, -0.05) is 42.2 Å². The fraction of sp³-hybridized carbons (Fsp3) is 0.519. The summed E-state index contributed by atoms with van der Waals surface area (Å²) in [4.78, 5) is 32.3. The molecule has 0 amide bonds. The van der Waals surface area contributed by atoms with Crippen molar-refractivity contribution in [3.05, 3.63) is 88.6 Å². The SMILES string of the molecule is COc1cc2c(cc1O)C1=C[C@H]3C[C@]4(CC[C@H](CCCO)C4)[C@H]4C[C@@H](O)CC[C@@H]4[C@@H]3[C@H]2CC(=O)C[C@@H](CCc2ccc(O)c(OCCO)c2)OC(=O)CC#CCc2c1[nH]c1ccccc21. The predicted molar refractivity (Wildman–Crippen MR) is 247 cm³/mol. The van der Waals surface area contributed by atoms with Crippen LogP contribution in [0.15, 0.2) is 60.7 Å². The van der Waals surface area contributed by atoms with Gasteiger partial charge in [0.25, 0.3) is 0 Å². The van der Waals surface area contributed by atoms with E-state index in [1.54, 1.807) is 19.2 Å². The van der Waals surface area contributed by atoms with E-state index in [9.17, 15) is 35.1 Å². The maximum absolute atomic E-state index is 15.0. The standard InChI is InChI=1S/C54H63NO10/c1-63-49-29-42-41(28-48(49)61)44-24-34-31-54(19-18-33(30-54)7-6-20-56)45-27-35(58)14-16-40(45)52(34)43(42)26-36(59)25-37(15-12-32-13-17-47(60)50(23-32)64-22-21-57)65-51(62)11-5-3-9-39-38-8-2-4-10-46(38)55-53(39)44/h2,4,8,10,13,17,23-24,28-29,33-35,37,40,43,45,52,55-58,60-61H,6-7,9,11-12,14-16,18-22,25-27,30-31H2,1H3/t33-,34-,35-,37+,40-,43-,45-,52+,54+/m0/s1. The zero-order chi connectivity index (χ0) is 45.2. The second-order valence-electron chi connectivity index (χ2n) is 19.5. The number of esters is 1. The number of fused-ring (bicyclic) bond motifs is 9. The smallest absolute Gasteiger partial charge is 0.318 e. The monoisotopic (exact) mass is 885 g/mol. The minimum Gasteiger partial charge on any atom is -0.504 e. The first-order valence-corrected chi connectivity index (χ1v) is 23.8. The Morgan fingerprint density at radius 3 is 2.58 bits per heavy atom. The highest BCUT2D eigenvalue weighted by atomic mass is 16.5. The van der Waals surface area contributed by atoms with Crippen LogP contribution < -0.4 is 9.47 Å². The number of aromatic hydroxyl groups is 2. The molecule has 4 aliphatic carbocycles. The van der Waals surface area contributed by atoms with Crippen molar-refractivity contribution in [3.63, 3.8) is 0 Å². The highest BCUT2D eigenvalue weighted by Gasteiger charge is 2.58. The number of carbonyl (C=O) groups is 2. The van der Waals surface area contributed by atoms with E-state index in [-0.39, 0.29) is 103 Å². The summed E-state index contributed by atoms with van der Waals surface area (Å²) in [5.41, 5.74) is 6.45. The number of methoxy groups -OCH3 is 1. The van der Waals surface area contributed by atoms with Crippen molar-refractivity contribution in [2.75, 3.05) is 26.9 Å². The molecule has 3 fully saturated rings. The van der Waals surface area contributed by atoms with Gasteiger partial charge in [-0.15, -0.1) is 0 Å². The molecule has 4 aromatic rings. The number of cyclic esters (lactones) is 1. The van der Waals surface area contributed by atoms with Crippen molar-refractivity contribution in [2.45, 2.75) is 114 Å². The Bertz CT molecular complexity index is 2500. The molecule has 65 heavy (non-hydrogen) atoms. The molecular weight excluding hydrogens is 823 g/mol. The van der Waals surface area contributed by atoms with E-state index in [4.69, 9.17) is 14.2 Å². The molecule has 9 atom stereocenters. The van der Waals surface area contributed by atoms with Crippen LogP contribution in [0.5, 0.6) is 23.0 Å². The predicted octanol–water partition coefficient (Wildman–Crippen LogP) is 8.30. The van der Waals surface area contributed by atoms with E-state index in [0.29, 0.717) is 37.4 Å². The number of rotatable bonds is 10. The molecule has 11 heteroatoms. The molecule has 5 aliphatic rings. The van der Waals surface area contributed by atoms with Crippen molar-refractivity contribution >= 4 is 28.2 Å². The third kappa shape index (κ3) is 9.15. The van der Waals surface area contributed by atoms with Crippen LogP contribution in [0.4, 0.5) is 0 Å². The number of carbonyl (C=O) groups excluding carboxylic acids is 2. The summed E-state index contributed by atoms with van der Waals surface area (Å²) in [5.74, 6) is 7.20. The van der Waals surface area contributed by atoms with E-state index in [1.165, 1.54) is 6.07 Å². The number of allylic oxidation sites excluding steroid dienone is 1. The number of hydrogen-bond donors (Lipinski definition) is 6. The van der Waals surface area contributed by atoms with E-state index < -0.39 is 12.1 Å². The number of hydrogen-bond acceptors (Lipinski definition) is 10. The van der Waals surface area contributed by atoms with Crippen molar-refractivity contribution in [2.24, 2.45) is 35.0 Å². The Morgan fingerprint density at radius 2 is 1.75 bits per heavy atom. The highest BCUT2D eigenvalue weighted by Crippen LogP contribution is 2.67. The van der Waals surface area contributed by atoms with Gasteiger partial charge >= 0.3 is 5.97 Å². The molecule has 2 heterocycles. The molecule has 3 aromatic carbocycles. The number of ketones is 1. The number of ether oxygens (including phenoxy) is 3. The number of aliphatic hydroxyl groups is 3. The van der Waals surface area contributed by atoms with Gasteiger partial charge < -0.3 is 44.7 Å². The fourth-order valence-electron chi connectivity index (χ4n) is 13.1. The maximum Gasteiger partial charge on any atom is 0.318 e. The number of nitrogens with one attached hydrogen (secondary N) is 1. The van der Waals surface area contributed by atoms with Crippen LogP contribution >= 0.6 is 0 Å². The Kier molecular flexibility index (Phi) is 13.3. The number of para-hydroxylation sites is 1. The maximum atomic E-state index is 15.0. The second kappa shape index (κ2) is 19.3. The molecule has 0 saturated heterocycles. The molecule has 1 aliphatic heterocycles. The summed E-state index contributed by atoms with van der Waals surface area (Å²) in [6.07, 6.45) is 10.7. The van der Waals surface area contributed by atoms with Crippen molar-refractivity contribution in [3.8, 4) is 34.8 Å². The number of aryl methyl sites for hydroxylation is 1. The molecule has 9 rings (SSSR count). The number of benzene rings is 3. The van der Waals surface area contributed by atoms with Gasteiger partial charge in [0, 0.05) is 42.3 Å². The highest BCUT2D eigenvalue weighted by molar-refractivity contribution is 5.94. The minimum absolute atomic E-state index is 0.000699. The average Bonchev–Trinajstić information content (AvgIpc) is 3.85. The van der Waals surface area contributed by atoms with Gasteiger partial charge in [0.2, 0.25) is 0 Å². The lowest BCUT2D eigenvalue weighted by atomic mass is 9.47. The molecule has 1 spiro atoms. The number of aliphatic hydroxyl groups excluding tert-OH is 3. The molecule has 1 aromatic heterocycles. The number of H-pyrrole nitrogens is 1. The minimum atomic E-state index is -0.744. The van der Waals surface area contributed by atoms with Gasteiger partial charge in [-0.2, -0.15) is 0 Å². The summed E-state index contributed by atoms with van der Waals surface area (Å²) >= 11 is 0. The molecule has 6 N–H and O–H groups in total. The lowest BCUT2D eigenvalue weighted by Gasteiger charge is -2.57. The summed E-state index contributed by atoms with van der Waals surface area (Å²) in [6.45, 7) is 0.00621. The fourth-order valence-corrected chi connectivity index (χ4v) is 13.1. The van der Waals surface area contributed by atoms with E-state index >= 15 is 0 Å². The third-order valence-electron chi connectivity index (χ3n) is 15.7. The zero-order valence-electron chi connectivity index (χ0n) is 37.4. The largest absolute Gasteiger partial charge is 0.504 e. The van der Waals surface area contributed by atoms with Gasteiger partial charge in [-0.3, -0.25) is 9.59 Å². The number of phenolic OH excluding ortho intramolecular Hbond substituents is 2. The molecule has 0 unspecified atom stereocenters. The van der Waals surface area contributed by atoms with Gasteiger partial charge in [-0.05, 0) is 164 Å². The lowest BCUT2D eigenvalue weighted by Crippen LogP contribution is -2.51. The van der Waals surface area contributed by atoms with Crippen LogP contribution in [0.3, 0.4) is 0 Å². The Morgan fingerprint density at radius 1 is 0.908 bits per heavy atom. The van der Waals surface area contributed by atoms with Crippen LogP contribution in [0.25, 0.3) is 16.5 Å². The van der Waals surface area contributed by atoms with Crippen LogP contribution in [-0.4, -0.2) is 81.4 Å². The molecule has 344 valence electrons. The molecule has 0 radical (unpaired) electrons. The number of aromatic nitrogens is 1. The van der Waals surface area contributed by atoms with E-state index in [0.717, 1.165) is 95.8 Å². The molecular formula is C54H63NO10. The van der Waals surface area contributed by atoms with Crippen LogP contribution in [0.1, 0.15) is 117 Å². The first-order chi connectivity index (χ1) is 31.6. The van der Waals surface area contributed by atoms with Gasteiger partial charge in [0.1, 0.15) is 24.9 Å². The van der Waals surface area contributed by atoms with Gasteiger partial charge in [-0.25, -0.2) is 0 Å². The Labute approximate surface area is 381 Å². The summed E-state index contributed by atoms with van der Waals surface area (Å²) in [6, 6.07) is 16.9. The number of aromatic amines is 1. The normalized spacial score (nSPS) is 28.8. The summed E-state index contributed by atoms with van der Waals surface area (Å²) in [7, 11) is 1.55. The van der Waals surface area contributed by atoms with Crippen LogP contribution in [0, 0.1) is 46.8 Å². The topological polar surface area (TPSA) is 179 Å². The van der Waals surface area contributed by atoms with Crippen LogP contribution in [0.2, 0.25) is 0 Å². The molecule has 3 saturated carbocycles. The van der Waals surface area contributed by atoms with E-state index in [2.05, 4.69) is 35.0 Å². The first kappa shape index (κ1) is 44.9. The van der Waals surface area contributed by atoms with Crippen LogP contribution in [-0.2, 0) is 27.2 Å². The van der Waals surface area contributed by atoms with Crippen molar-refractivity contribution in [1.82, 2.24) is 4.98 Å². The summed E-state index contributed by atoms with van der Waals surface area (Å²) in [5, 5.41) is 53.5. The van der Waals surface area contributed by atoms with Crippen molar-refractivity contribution < 1.29 is 49.3 Å². The molecule has 2 bridgehead atoms. The molecule has 11 nitrogen and oxygen atoms in total. The Hall–Kier alpha value is -5.28. The number of phenols is 2. The van der Waals surface area contributed by atoms with Gasteiger partial charge in [0.05, 0.1) is 25.5 Å². The lowest BCUT2D eigenvalue weighted by molar-refractivity contribution is -0.149. The van der Waals surface area contributed by atoms with Gasteiger partial charge in [0.15, 0.2) is 23.0 Å². The second-order valence-corrected chi connectivity index (χ2v) is 19.5. The zero-order valence-corrected chi connectivity index (χ0v) is 37.4. The third-order valence-corrected chi connectivity index (χ3v) is 15.7. The average molecular weight is 886 g/mol. The van der Waals surface area contributed by atoms with Crippen molar-refractivity contribution in [1.29, 1.82) is 0 Å². The van der Waals surface area contributed by atoms with E-state index in [1.807, 2.05) is 24.3 Å². The quantitative estimate of drug-likeness (QED) is 0.0671. The number of Topliss-reactive ketones (excluding diaryl/α,β-unsaturated/α-hetero) is 1.